The topological polar surface area (TPSA) is 42.1 Å². The van der Waals surface area contributed by atoms with Crippen molar-refractivity contribution < 1.29 is 0 Å². The number of rotatable bonds is 4. The Hall–Kier alpha value is -1.29. The summed E-state index contributed by atoms with van der Waals surface area (Å²) < 4.78 is 0.952. The van der Waals surface area contributed by atoms with Crippen LogP contribution in [0.2, 0.25) is 0 Å². The smallest absolute Gasteiger partial charge is 0.0956 e. The lowest BCUT2D eigenvalue weighted by Gasteiger charge is -2.22. The van der Waals surface area contributed by atoms with Gasteiger partial charge in [0.1, 0.15) is 0 Å². The van der Waals surface area contributed by atoms with Crippen LogP contribution >= 0.6 is 15.9 Å². The first-order chi connectivity index (χ1) is 8.99. The van der Waals surface area contributed by atoms with Crippen molar-refractivity contribution in [3.63, 3.8) is 0 Å². The molecule has 19 heavy (non-hydrogen) atoms. The molecule has 0 unspecified atom stereocenters. The minimum Gasteiger partial charge on any atom is -0.398 e. The van der Waals surface area contributed by atoms with Crippen LogP contribution in [0.25, 0.3) is 10.9 Å². The highest BCUT2D eigenvalue weighted by Crippen LogP contribution is 2.30. The molecule has 0 aliphatic rings. The molecule has 2 aromatic rings. The Kier molecular flexibility index (Phi) is 4.30. The fraction of sp³-hybridized carbons (Fsp3) is 0.400. The molecule has 102 valence electrons. The molecular weight excluding hydrogens is 302 g/mol. The van der Waals surface area contributed by atoms with Crippen LogP contribution in [0.5, 0.6) is 0 Å². The van der Waals surface area contributed by atoms with E-state index >= 15 is 0 Å². The minimum atomic E-state index is 0.699. The Morgan fingerprint density at radius 3 is 2.79 bits per heavy atom. The average molecular weight is 322 g/mol. The molecule has 1 heterocycles. The van der Waals surface area contributed by atoms with Gasteiger partial charge in [0.15, 0.2) is 0 Å². The van der Waals surface area contributed by atoms with Crippen LogP contribution in [-0.4, -0.2) is 18.6 Å². The Bertz CT molecular complexity index is 581. The van der Waals surface area contributed by atoms with Crippen LogP contribution in [0.1, 0.15) is 20.3 Å². The van der Waals surface area contributed by atoms with E-state index in [1.807, 2.05) is 18.3 Å². The van der Waals surface area contributed by atoms with E-state index in [0.29, 0.717) is 5.92 Å². The third-order valence-electron chi connectivity index (χ3n) is 3.28. The molecule has 3 nitrogen and oxygen atoms in total. The second-order valence-corrected chi connectivity index (χ2v) is 6.24. The summed E-state index contributed by atoms with van der Waals surface area (Å²) >= 11 is 3.45. The highest BCUT2D eigenvalue weighted by atomic mass is 79.9. The minimum absolute atomic E-state index is 0.699. The number of nitrogens with zero attached hydrogens (tertiary/aromatic N) is 2. The summed E-state index contributed by atoms with van der Waals surface area (Å²) in [6.07, 6.45) is 2.99. The largest absolute Gasteiger partial charge is 0.398 e. The molecule has 1 aromatic heterocycles. The van der Waals surface area contributed by atoms with Crippen molar-refractivity contribution in [2.45, 2.75) is 20.3 Å². The SMILES string of the molecule is CC(C)CCN(C)c1ccc(N)c2cc(Br)cnc12. The first-order valence-electron chi connectivity index (χ1n) is 6.54. The maximum Gasteiger partial charge on any atom is 0.0956 e. The maximum absolute atomic E-state index is 6.04. The van der Waals surface area contributed by atoms with Gasteiger partial charge in [0.2, 0.25) is 0 Å². The summed E-state index contributed by atoms with van der Waals surface area (Å²) in [5.74, 6) is 0.699. The number of fused-ring (bicyclic) bond motifs is 1. The number of benzene rings is 1. The van der Waals surface area contributed by atoms with Gasteiger partial charge in [0.05, 0.1) is 11.2 Å². The number of hydrogen-bond donors (Lipinski definition) is 1. The van der Waals surface area contributed by atoms with E-state index in [4.69, 9.17) is 5.73 Å². The molecule has 0 amide bonds. The number of pyridine rings is 1. The van der Waals surface area contributed by atoms with E-state index in [9.17, 15) is 0 Å². The molecule has 2 rings (SSSR count). The zero-order valence-electron chi connectivity index (χ0n) is 11.7. The number of halogens is 1. The maximum atomic E-state index is 6.04. The summed E-state index contributed by atoms with van der Waals surface area (Å²) in [4.78, 5) is 6.77. The van der Waals surface area contributed by atoms with Gasteiger partial charge in [-0.2, -0.15) is 0 Å². The van der Waals surface area contributed by atoms with Gasteiger partial charge >= 0.3 is 0 Å². The van der Waals surface area contributed by atoms with Gasteiger partial charge in [-0.05, 0) is 46.5 Å². The lowest BCUT2D eigenvalue weighted by Crippen LogP contribution is -2.20. The third-order valence-corrected chi connectivity index (χ3v) is 3.72. The zero-order valence-corrected chi connectivity index (χ0v) is 13.2. The van der Waals surface area contributed by atoms with E-state index in [1.165, 1.54) is 6.42 Å². The van der Waals surface area contributed by atoms with Crippen LogP contribution in [0.3, 0.4) is 0 Å². The molecule has 0 fully saturated rings. The number of anilines is 2. The fourth-order valence-corrected chi connectivity index (χ4v) is 2.41. The zero-order chi connectivity index (χ0) is 14.0. The van der Waals surface area contributed by atoms with E-state index in [0.717, 1.165) is 33.3 Å². The van der Waals surface area contributed by atoms with Gasteiger partial charge in [-0.25, -0.2) is 0 Å². The standard InChI is InChI=1S/C15H20BrN3/c1-10(2)6-7-19(3)14-5-4-13(17)12-8-11(16)9-18-15(12)14/h4-5,8-10H,6-7,17H2,1-3H3. The van der Waals surface area contributed by atoms with E-state index < -0.39 is 0 Å². The molecule has 2 N–H and O–H groups in total. The lowest BCUT2D eigenvalue weighted by molar-refractivity contribution is 0.585. The van der Waals surface area contributed by atoms with Crippen molar-refractivity contribution in [2.24, 2.45) is 5.92 Å². The van der Waals surface area contributed by atoms with Crippen LogP contribution in [-0.2, 0) is 0 Å². The predicted molar refractivity (Wildman–Crippen MR) is 86.6 cm³/mol. The normalized spacial score (nSPS) is 11.2. The van der Waals surface area contributed by atoms with Crippen molar-refractivity contribution in [3.05, 3.63) is 28.9 Å². The summed E-state index contributed by atoms with van der Waals surface area (Å²) in [6.45, 7) is 5.50. The van der Waals surface area contributed by atoms with Crippen molar-refractivity contribution in [1.29, 1.82) is 0 Å². The quantitative estimate of drug-likeness (QED) is 0.863. The molecular formula is C15H20BrN3. The van der Waals surface area contributed by atoms with Crippen molar-refractivity contribution >= 4 is 38.2 Å². The van der Waals surface area contributed by atoms with Crippen molar-refractivity contribution in [3.8, 4) is 0 Å². The van der Waals surface area contributed by atoms with E-state index in [-0.39, 0.29) is 0 Å². The summed E-state index contributed by atoms with van der Waals surface area (Å²) in [6, 6.07) is 6.04. The van der Waals surface area contributed by atoms with Gasteiger partial charge < -0.3 is 10.6 Å². The molecule has 0 saturated heterocycles. The Morgan fingerprint density at radius 1 is 1.37 bits per heavy atom. The molecule has 0 aliphatic carbocycles. The highest BCUT2D eigenvalue weighted by Gasteiger charge is 2.10. The van der Waals surface area contributed by atoms with Crippen LogP contribution in [0, 0.1) is 5.92 Å². The molecule has 1 aromatic carbocycles. The average Bonchev–Trinajstić information content (AvgIpc) is 2.37. The number of aromatic nitrogens is 1. The van der Waals surface area contributed by atoms with Gasteiger partial charge in [0, 0.05) is 35.3 Å². The monoisotopic (exact) mass is 321 g/mol. The molecule has 0 atom stereocenters. The first kappa shape index (κ1) is 14.1. The van der Waals surface area contributed by atoms with Gasteiger partial charge in [0.25, 0.3) is 0 Å². The molecule has 0 radical (unpaired) electrons. The fourth-order valence-electron chi connectivity index (χ4n) is 2.08. The van der Waals surface area contributed by atoms with E-state index in [1.54, 1.807) is 0 Å². The Labute approximate surface area is 122 Å². The number of nitrogens with two attached hydrogens (primary N) is 1. The lowest BCUT2D eigenvalue weighted by atomic mass is 10.1. The molecule has 0 aliphatic heterocycles. The van der Waals surface area contributed by atoms with Crippen LogP contribution < -0.4 is 10.6 Å². The number of nitrogen functional groups attached to an aromatic ring is 1. The first-order valence-corrected chi connectivity index (χ1v) is 7.33. The number of hydrogen-bond acceptors (Lipinski definition) is 3. The molecule has 0 bridgehead atoms. The third kappa shape index (κ3) is 3.18. The molecule has 0 saturated carbocycles. The molecule has 0 spiro atoms. The van der Waals surface area contributed by atoms with Crippen molar-refractivity contribution in [1.82, 2.24) is 4.98 Å². The summed E-state index contributed by atoms with van der Waals surface area (Å²) in [5.41, 5.74) is 8.91. The van der Waals surface area contributed by atoms with Gasteiger partial charge in [-0.3, -0.25) is 4.98 Å². The predicted octanol–water partition coefficient (Wildman–Crippen LogP) is 4.06. The van der Waals surface area contributed by atoms with Crippen LogP contribution in [0.4, 0.5) is 11.4 Å². The molecule has 4 heteroatoms. The summed E-state index contributed by atoms with van der Waals surface area (Å²) in [5, 5.41) is 1.00. The van der Waals surface area contributed by atoms with E-state index in [2.05, 4.69) is 52.8 Å². The summed E-state index contributed by atoms with van der Waals surface area (Å²) in [7, 11) is 2.11. The Morgan fingerprint density at radius 2 is 2.11 bits per heavy atom. The van der Waals surface area contributed by atoms with Gasteiger partial charge in [-0.15, -0.1) is 0 Å². The Balaban J connectivity index is 2.41. The highest BCUT2D eigenvalue weighted by molar-refractivity contribution is 9.10. The van der Waals surface area contributed by atoms with Crippen LogP contribution in [0.15, 0.2) is 28.9 Å². The second-order valence-electron chi connectivity index (χ2n) is 5.33. The van der Waals surface area contributed by atoms with Crippen molar-refractivity contribution in [2.75, 3.05) is 24.2 Å². The van der Waals surface area contributed by atoms with Gasteiger partial charge in [-0.1, -0.05) is 13.8 Å². The second kappa shape index (κ2) is 5.78.